The van der Waals surface area contributed by atoms with Crippen LogP contribution in [-0.2, 0) is 26.5 Å². The Morgan fingerprint density at radius 1 is 0.735 bits per heavy atom. The van der Waals surface area contributed by atoms with E-state index in [-0.39, 0.29) is 20.1 Å². The number of aromatic nitrogens is 2. The summed E-state index contributed by atoms with van der Waals surface area (Å²) in [5.74, 6) is 0.816. The fourth-order valence-corrected chi connectivity index (χ4v) is 7.83. The SMILES string of the molecule is C[Si](C)(C)c1ccc(-c2[c-]cccc2)nc1.[Ir].[c-]1cc2oc3cccc(-c4ccccc4)c3c2cc1-c1cc(CC2CCCCC2)ccn1. The van der Waals surface area contributed by atoms with Crippen LogP contribution in [0.25, 0.3) is 55.6 Å². The van der Waals surface area contributed by atoms with E-state index in [1.54, 1.807) is 0 Å². The molecule has 0 N–H and O–H groups in total. The summed E-state index contributed by atoms with van der Waals surface area (Å²) in [6, 6.07) is 44.3. The van der Waals surface area contributed by atoms with Gasteiger partial charge in [0.1, 0.15) is 5.58 Å². The van der Waals surface area contributed by atoms with Crippen molar-refractivity contribution >= 4 is 35.2 Å². The molecule has 4 aromatic carbocycles. The summed E-state index contributed by atoms with van der Waals surface area (Å²) >= 11 is 0. The molecule has 7 aromatic rings. The van der Waals surface area contributed by atoms with Crippen molar-refractivity contribution in [3.63, 3.8) is 0 Å². The number of rotatable bonds is 6. The molecule has 0 saturated heterocycles. The molecule has 49 heavy (non-hydrogen) atoms. The van der Waals surface area contributed by atoms with Crippen LogP contribution in [0.5, 0.6) is 0 Å². The molecule has 3 nitrogen and oxygen atoms in total. The Balaban J connectivity index is 0.000000208. The summed E-state index contributed by atoms with van der Waals surface area (Å²) in [7, 11) is -1.23. The van der Waals surface area contributed by atoms with Gasteiger partial charge in [-0.3, -0.25) is 0 Å². The quantitative estimate of drug-likeness (QED) is 0.124. The van der Waals surface area contributed by atoms with Crippen LogP contribution < -0.4 is 5.19 Å². The van der Waals surface area contributed by atoms with Gasteiger partial charge in [0.15, 0.2) is 0 Å². The van der Waals surface area contributed by atoms with Crippen LogP contribution >= 0.6 is 0 Å². The molecule has 5 heteroatoms. The molecule has 8 rings (SSSR count). The van der Waals surface area contributed by atoms with Crippen molar-refractivity contribution in [3.8, 4) is 33.6 Å². The minimum atomic E-state index is -1.23. The first-order chi connectivity index (χ1) is 23.4. The molecule has 0 bridgehead atoms. The molecule has 3 aromatic heterocycles. The third-order valence-electron chi connectivity index (χ3n) is 9.48. The van der Waals surface area contributed by atoms with Gasteiger partial charge in [-0.05, 0) is 52.2 Å². The first-order valence-electron chi connectivity index (χ1n) is 17.2. The molecule has 0 unspecified atom stereocenters. The van der Waals surface area contributed by atoms with Crippen LogP contribution in [0.2, 0.25) is 19.6 Å². The van der Waals surface area contributed by atoms with Gasteiger partial charge in [0.05, 0.1) is 13.7 Å². The van der Waals surface area contributed by atoms with Crippen LogP contribution in [0.15, 0.2) is 126 Å². The smallest absolute Gasteiger partial charge is 0.121 e. The van der Waals surface area contributed by atoms with E-state index in [0.717, 1.165) is 56.8 Å². The molecular weight excluding hydrogens is 793 g/mol. The molecule has 0 spiro atoms. The minimum Gasteiger partial charge on any atom is -0.500 e. The van der Waals surface area contributed by atoms with Crippen LogP contribution in [0.1, 0.15) is 37.7 Å². The third kappa shape index (κ3) is 8.19. The molecule has 0 aliphatic heterocycles. The monoisotopic (exact) mass is 835 g/mol. The average Bonchev–Trinajstić information content (AvgIpc) is 3.51. The topological polar surface area (TPSA) is 38.9 Å². The van der Waals surface area contributed by atoms with Gasteiger partial charge >= 0.3 is 0 Å². The van der Waals surface area contributed by atoms with E-state index in [1.165, 1.54) is 54.0 Å². The van der Waals surface area contributed by atoms with Crippen molar-refractivity contribution in [2.45, 2.75) is 58.2 Å². The number of hydrogen-bond donors (Lipinski definition) is 0. The van der Waals surface area contributed by atoms with Gasteiger partial charge in [-0.15, -0.1) is 59.7 Å². The maximum Gasteiger partial charge on any atom is 0.121 e. The van der Waals surface area contributed by atoms with E-state index >= 15 is 0 Å². The minimum absolute atomic E-state index is 0. The van der Waals surface area contributed by atoms with Crippen LogP contribution in [0.4, 0.5) is 0 Å². The summed E-state index contributed by atoms with van der Waals surface area (Å²) in [5.41, 5.74) is 9.63. The van der Waals surface area contributed by atoms with E-state index in [1.807, 2.05) is 48.8 Å². The predicted octanol–water partition coefficient (Wildman–Crippen LogP) is 11.3. The van der Waals surface area contributed by atoms with E-state index in [0.29, 0.717) is 0 Å². The van der Waals surface area contributed by atoms with E-state index < -0.39 is 8.07 Å². The molecule has 1 saturated carbocycles. The zero-order chi connectivity index (χ0) is 32.9. The number of nitrogens with zero attached hydrogens (tertiary/aromatic N) is 2. The van der Waals surface area contributed by atoms with Gasteiger partial charge < -0.3 is 14.4 Å². The second-order valence-electron chi connectivity index (χ2n) is 14.0. The Morgan fingerprint density at radius 2 is 1.55 bits per heavy atom. The molecule has 0 atom stereocenters. The average molecular weight is 835 g/mol. The van der Waals surface area contributed by atoms with E-state index in [2.05, 4.69) is 110 Å². The molecule has 1 aliphatic rings. The largest absolute Gasteiger partial charge is 0.500 e. The number of pyridine rings is 2. The van der Waals surface area contributed by atoms with Crippen molar-refractivity contribution in [1.29, 1.82) is 0 Å². The van der Waals surface area contributed by atoms with Crippen molar-refractivity contribution in [2.24, 2.45) is 5.92 Å². The number of hydrogen-bond acceptors (Lipinski definition) is 3. The van der Waals surface area contributed by atoms with Crippen LogP contribution in [-0.4, -0.2) is 18.0 Å². The normalized spacial score (nSPS) is 13.4. The van der Waals surface area contributed by atoms with Gasteiger partial charge in [0.25, 0.3) is 0 Å². The Labute approximate surface area is 305 Å². The Hall–Kier alpha value is -4.15. The van der Waals surface area contributed by atoms with Crippen molar-refractivity contribution in [2.75, 3.05) is 0 Å². The molecule has 1 aliphatic carbocycles. The zero-order valence-corrected chi connectivity index (χ0v) is 31.9. The summed E-state index contributed by atoms with van der Waals surface area (Å²) in [5, 5.41) is 3.67. The zero-order valence-electron chi connectivity index (χ0n) is 28.5. The van der Waals surface area contributed by atoms with E-state index in [9.17, 15) is 0 Å². The van der Waals surface area contributed by atoms with Gasteiger partial charge in [-0.1, -0.05) is 123 Å². The molecule has 0 amide bonds. The molecule has 1 fully saturated rings. The van der Waals surface area contributed by atoms with Gasteiger partial charge in [-0.2, -0.15) is 0 Å². The Kier molecular flexibility index (Phi) is 11.0. The van der Waals surface area contributed by atoms with Crippen molar-refractivity contribution in [3.05, 3.63) is 139 Å². The van der Waals surface area contributed by atoms with Crippen molar-refractivity contribution < 1.29 is 24.5 Å². The van der Waals surface area contributed by atoms with Crippen LogP contribution in [0, 0.1) is 18.1 Å². The van der Waals surface area contributed by atoms with Crippen molar-refractivity contribution in [1.82, 2.24) is 9.97 Å². The third-order valence-corrected chi connectivity index (χ3v) is 11.5. The predicted molar refractivity (Wildman–Crippen MR) is 203 cm³/mol. The number of benzene rings is 4. The second kappa shape index (κ2) is 15.6. The number of fused-ring (bicyclic) bond motifs is 3. The van der Waals surface area contributed by atoms with Gasteiger partial charge in [0.2, 0.25) is 0 Å². The molecule has 3 heterocycles. The summed E-state index contributed by atoms with van der Waals surface area (Å²) in [4.78, 5) is 9.21. The Bertz CT molecular complexity index is 2110. The number of furan rings is 1. The first-order valence-corrected chi connectivity index (χ1v) is 20.7. The molecule has 249 valence electrons. The maximum atomic E-state index is 6.18. The van der Waals surface area contributed by atoms with Crippen LogP contribution in [0.3, 0.4) is 0 Å². The Morgan fingerprint density at radius 3 is 2.29 bits per heavy atom. The maximum absolute atomic E-state index is 6.18. The van der Waals surface area contributed by atoms with E-state index in [4.69, 9.17) is 9.40 Å². The van der Waals surface area contributed by atoms with Gasteiger partial charge in [-0.25, -0.2) is 0 Å². The second-order valence-corrected chi connectivity index (χ2v) is 19.1. The standard InChI is InChI=1S/C30H26NO.C14H16NSi.Ir/c1-3-8-21(9-4-1)18-22-16-17-31-27(19-22)24-14-15-28-26(20-24)30-25(12-7-13-29(30)32-28)23-10-5-2-6-11-23;1-16(2,3)13-9-10-14(15-11-13)12-7-5-4-6-8-12;/h2,5-7,10-13,15-17,19-21H,1,3-4,8-9,18H2;4-7,9-11H,1-3H3;/q2*-1;. The summed E-state index contributed by atoms with van der Waals surface area (Å²) < 4.78 is 6.18. The first kappa shape index (κ1) is 34.7. The molecular formula is C44H42IrN2OSi-2. The fraction of sp³-hybridized carbons (Fsp3) is 0.227. The van der Waals surface area contributed by atoms with Gasteiger partial charge in [0, 0.05) is 37.9 Å². The fourth-order valence-electron chi connectivity index (χ4n) is 6.80. The summed E-state index contributed by atoms with van der Waals surface area (Å²) in [6.45, 7) is 7.00. The summed E-state index contributed by atoms with van der Waals surface area (Å²) in [6.07, 6.45) is 12.0. The molecule has 1 radical (unpaired) electrons.